The standard InChI is InChI=1S/C28H28F9NO3/c1-3-40-24(16-6-4-5-7-16)22-9-8-19(26(29,30)31)12-18(22)14-38-15(2)23(41-25(38)39)17-10-20(27(32,33)34)13-21(11-17)28(35,36)37/h8-13,15-16,23-24H,3-7,14H2,1-2H3/t15-,23-,24?/m0/s1. The van der Waals surface area contributed by atoms with Crippen LogP contribution in [0, 0.1) is 5.92 Å². The van der Waals surface area contributed by atoms with Crippen LogP contribution in [-0.2, 0) is 34.5 Å². The lowest BCUT2D eigenvalue weighted by atomic mass is 9.89. The molecule has 41 heavy (non-hydrogen) atoms. The summed E-state index contributed by atoms with van der Waals surface area (Å²) >= 11 is 0. The smallest absolute Gasteiger partial charge is 0.416 e. The number of nitrogens with zero attached hydrogens (tertiary/aromatic N) is 1. The zero-order valence-electron chi connectivity index (χ0n) is 22.1. The van der Waals surface area contributed by atoms with Crippen LogP contribution in [0.5, 0.6) is 0 Å². The summed E-state index contributed by atoms with van der Waals surface area (Å²) in [7, 11) is 0. The van der Waals surface area contributed by atoms with Crippen LogP contribution >= 0.6 is 0 Å². The van der Waals surface area contributed by atoms with Crippen molar-refractivity contribution in [2.75, 3.05) is 6.61 Å². The molecule has 4 nitrogen and oxygen atoms in total. The van der Waals surface area contributed by atoms with Crippen LogP contribution in [0.15, 0.2) is 36.4 Å². The van der Waals surface area contributed by atoms with Crippen LogP contribution < -0.4 is 0 Å². The first-order valence-corrected chi connectivity index (χ1v) is 13.1. The summed E-state index contributed by atoms with van der Waals surface area (Å²) in [4.78, 5) is 13.9. The second-order valence-corrected chi connectivity index (χ2v) is 10.3. The van der Waals surface area contributed by atoms with Crippen LogP contribution in [-0.4, -0.2) is 23.6 Å². The highest BCUT2D eigenvalue weighted by Crippen LogP contribution is 2.44. The van der Waals surface area contributed by atoms with Crippen molar-refractivity contribution >= 4 is 6.09 Å². The first kappa shape index (κ1) is 31.0. The van der Waals surface area contributed by atoms with Gasteiger partial charge in [0.1, 0.15) is 6.10 Å². The fraction of sp³-hybridized carbons (Fsp3) is 0.536. The Kier molecular flexibility index (Phi) is 8.60. The van der Waals surface area contributed by atoms with E-state index in [1.54, 1.807) is 6.92 Å². The van der Waals surface area contributed by atoms with Crippen LogP contribution in [0.4, 0.5) is 44.3 Å². The lowest BCUT2D eigenvalue weighted by Crippen LogP contribution is -2.32. The van der Waals surface area contributed by atoms with Gasteiger partial charge >= 0.3 is 24.6 Å². The van der Waals surface area contributed by atoms with E-state index in [2.05, 4.69) is 0 Å². The van der Waals surface area contributed by atoms with E-state index in [9.17, 15) is 44.3 Å². The van der Waals surface area contributed by atoms with Crippen molar-refractivity contribution < 1.29 is 53.8 Å². The van der Waals surface area contributed by atoms with Crippen molar-refractivity contribution in [2.45, 2.75) is 82.9 Å². The summed E-state index contributed by atoms with van der Waals surface area (Å²) < 4.78 is 133. The molecule has 2 aromatic carbocycles. The molecule has 226 valence electrons. The fourth-order valence-electron chi connectivity index (χ4n) is 5.60. The summed E-state index contributed by atoms with van der Waals surface area (Å²) in [5, 5.41) is 0. The Morgan fingerprint density at radius 3 is 1.95 bits per heavy atom. The highest BCUT2D eigenvalue weighted by molar-refractivity contribution is 5.71. The minimum atomic E-state index is -5.11. The van der Waals surface area contributed by atoms with Gasteiger partial charge in [-0.25, -0.2) is 4.79 Å². The lowest BCUT2D eigenvalue weighted by Gasteiger charge is -2.29. The molecule has 0 N–H and O–H groups in total. The van der Waals surface area contributed by atoms with E-state index < -0.39 is 71.7 Å². The monoisotopic (exact) mass is 597 g/mol. The fourth-order valence-corrected chi connectivity index (χ4v) is 5.60. The van der Waals surface area contributed by atoms with Gasteiger partial charge in [0.05, 0.1) is 28.8 Å². The Morgan fingerprint density at radius 1 is 0.878 bits per heavy atom. The first-order valence-electron chi connectivity index (χ1n) is 13.1. The first-order chi connectivity index (χ1) is 19.0. The van der Waals surface area contributed by atoms with Crippen molar-refractivity contribution in [3.8, 4) is 0 Å². The molecule has 2 aromatic rings. The minimum Gasteiger partial charge on any atom is -0.439 e. The van der Waals surface area contributed by atoms with Gasteiger partial charge in [-0.2, -0.15) is 39.5 Å². The molecule has 3 atom stereocenters. The second-order valence-electron chi connectivity index (χ2n) is 10.3. The normalized spacial score (nSPS) is 21.4. The molecular weight excluding hydrogens is 569 g/mol. The SMILES string of the molecule is CCOC(c1ccc(C(F)(F)F)cc1CN1C(=O)O[C@H](c2cc(C(F)(F)F)cc(C(F)(F)F)c2)[C@@H]1C)C1CCCC1. The summed E-state index contributed by atoms with van der Waals surface area (Å²) in [6.45, 7) is 2.97. The minimum absolute atomic E-state index is 0.0332. The topological polar surface area (TPSA) is 38.8 Å². The third-order valence-corrected chi connectivity index (χ3v) is 7.62. The Balaban J connectivity index is 1.72. The number of hydrogen-bond donors (Lipinski definition) is 0. The zero-order chi connectivity index (χ0) is 30.3. The van der Waals surface area contributed by atoms with E-state index in [0.717, 1.165) is 42.7 Å². The Labute approximate surface area is 230 Å². The third-order valence-electron chi connectivity index (χ3n) is 7.62. The van der Waals surface area contributed by atoms with Crippen molar-refractivity contribution in [3.05, 3.63) is 69.8 Å². The maximum Gasteiger partial charge on any atom is 0.416 e. The van der Waals surface area contributed by atoms with Gasteiger partial charge in [-0.15, -0.1) is 0 Å². The van der Waals surface area contributed by atoms with E-state index in [-0.39, 0.29) is 24.2 Å². The molecule has 1 saturated heterocycles. The lowest BCUT2D eigenvalue weighted by molar-refractivity contribution is -0.143. The van der Waals surface area contributed by atoms with Gasteiger partial charge in [-0.3, -0.25) is 4.90 Å². The van der Waals surface area contributed by atoms with Crippen LogP contribution in [0.25, 0.3) is 0 Å². The van der Waals surface area contributed by atoms with E-state index in [1.165, 1.54) is 13.0 Å². The Morgan fingerprint density at radius 2 is 1.44 bits per heavy atom. The van der Waals surface area contributed by atoms with Crippen LogP contribution in [0.3, 0.4) is 0 Å². The maximum atomic E-state index is 13.6. The van der Waals surface area contributed by atoms with Crippen molar-refractivity contribution in [2.24, 2.45) is 5.92 Å². The molecule has 1 amide bonds. The third kappa shape index (κ3) is 6.76. The maximum absolute atomic E-state index is 13.6. The number of halogens is 9. The Hall–Kier alpha value is -2.96. The zero-order valence-corrected chi connectivity index (χ0v) is 22.1. The van der Waals surface area contributed by atoms with Crippen molar-refractivity contribution in [1.82, 2.24) is 4.90 Å². The highest BCUT2D eigenvalue weighted by atomic mass is 19.4. The molecule has 2 aliphatic rings. The molecular formula is C28H28F9NO3. The molecule has 1 unspecified atom stereocenters. The number of cyclic esters (lactones) is 1. The van der Waals surface area contributed by atoms with Crippen molar-refractivity contribution in [1.29, 1.82) is 0 Å². The van der Waals surface area contributed by atoms with Crippen LogP contribution in [0.1, 0.15) is 85.1 Å². The molecule has 1 saturated carbocycles. The molecule has 1 aliphatic carbocycles. The van der Waals surface area contributed by atoms with Crippen LogP contribution in [0.2, 0.25) is 0 Å². The number of benzene rings is 2. The van der Waals surface area contributed by atoms with Gasteiger partial charge < -0.3 is 9.47 Å². The van der Waals surface area contributed by atoms with Gasteiger partial charge in [0.15, 0.2) is 0 Å². The second kappa shape index (κ2) is 11.4. The molecule has 4 rings (SSSR count). The Bertz CT molecular complexity index is 1220. The molecule has 2 fully saturated rings. The molecule has 13 heteroatoms. The average molecular weight is 598 g/mol. The summed E-state index contributed by atoms with van der Waals surface area (Å²) in [6, 6.07) is 2.96. The average Bonchev–Trinajstić information content (AvgIpc) is 3.50. The quantitative estimate of drug-likeness (QED) is 0.299. The largest absolute Gasteiger partial charge is 0.439 e. The number of ether oxygens (including phenoxy) is 2. The molecule has 0 spiro atoms. The van der Waals surface area contributed by atoms with Gasteiger partial charge in [0, 0.05) is 13.2 Å². The number of hydrogen-bond acceptors (Lipinski definition) is 3. The molecule has 0 bridgehead atoms. The molecule has 0 radical (unpaired) electrons. The molecule has 1 aliphatic heterocycles. The van der Waals surface area contributed by atoms with Gasteiger partial charge in [-0.1, -0.05) is 18.9 Å². The van der Waals surface area contributed by atoms with E-state index in [1.807, 2.05) is 0 Å². The summed E-state index contributed by atoms with van der Waals surface area (Å²) in [6.07, 6.45) is -14.6. The number of alkyl halides is 9. The predicted octanol–water partition coefficient (Wildman–Crippen LogP) is 9.09. The number of carbonyl (C=O) groups excluding carboxylic acids is 1. The summed E-state index contributed by atoms with van der Waals surface area (Å²) in [5.74, 6) is 0.0343. The van der Waals surface area contributed by atoms with E-state index in [0.29, 0.717) is 17.7 Å². The predicted molar refractivity (Wildman–Crippen MR) is 128 cm³/mol. The van der Waals surface area contributed by atoms with Crippen molar-refractivity contribution in [3.63, 3.8) is 0 Å². The highest BCUT2D eigenvalue weighted by Gasteiger charge is 2.44. The molecule has 1 heterocycles. The summed E-state index contributed by atoms with van der Waals surface area (Å²) in [5.41, 5.74) is -4.09. The van der Waals surface area contributed by atoms with E-state index >= 15 is 0 Å². The van der Waals surface area contributed by atoms with Gasteiger partial charge in [0.2, 0.25) is 0 Å². The number of carbonyl (C=O) groups is 1. The van der Waals surface area contributed by atoms with Gasteiger partial charge in [0.25, 0.3) is 0 Å². The van der Waals surface area contributed by atoms with Gasteiger partial charge in [-0.05, 0) is 79.6 Å². The number of amides is 1. The number of rotatable bonds is 7. The molecule has 0 aromatic heterocycles. The van der Waals surface area contributed by atoms with E-state index in [4.69, 9.17) is 9.47 Å².